The summed E-state index contributed by atoms with van der Waals surface area (Å²) < 4.78 is 5.64. The van der Waals surface area contributed by atoms with Gasteiger partial charge in [-0.2, -0.15) is 0 Å². The number of hydrogen-bond acceptors (Lipinski definition) is 4. The minimum Gasteiger partial charge on any atom is -0.467 e. The van der Waals surface area contributed by atoms with Crippen LogP contribution < -0.4 is 10.2 Å². The van der Waals surface area contributed by atoms with Crippen molar-refractivity contribution < 1.29 is 9.21 Å². The number of nitrogens with one attached hydrogen (secondary N) is 1. The van der Waals surface area contributed by atoms with Crippen LogP contribution in [0.5, 0.6) is 0 Å². The normalized spacial score (nSPS) is 15.8. The van der Waals surface area contributed by atoms with Crippen LogP contribution in [0, 0.1) is 6.92 Å². The van der Waals surface area contributed by atoms with E-state index in [1.807, 2.05) is 19.1 Å². The molecule has 0 saturated heterocycles. The van der Waals surface area contributed by atoms with Crippen molar-refractivity contribution in [1.29, 1.82) is 0 Å². The molecule has 5 heteroatoms. The molecule has 26 heavy (non-hydrogen) atoms. The number of fused-ring (bicyclic) bond motifs is 1. The summed E-state index contributed by atoms with van der Waals surface area (Å²) >= 11 is 0. The maximum Gasteiger partial charge on any atom is 0.260 e. The molecule has 0 aliphatic carbocycles. The molecule has 4 rings (SSSR count). The maximum atomic E-state index is 12.7. The van der Waals surface area contributed by atoms with Gasteiger partial charge < -0.3 is 14.6 Å². The lowest BCUT2D eigenvalue weighted by molar-refractivity contribution is 0.102. The van der Waals surface area contributed by atoms with E-state index in [1.165, 1.54) is 11.3 Å². The molecule has 1 amide bonds. The molecule has 1 aliphatic heterocycles. The highest BCUT2D eigenvalue weighted by Gasteiger charge is 2.28. The number of aromatic nitrogens is 1. The topological polar surface area (TPSA) is 58.4 Å². The summed E-state index contributed by atoms with van der Waals surface area (Å²) in [7, 11) is 0. The van der Waals surface area contributed by atoms with Crippen LogP contribution in [0.4, 0.5) is 11.5 Å². The molecule has 1 atom stereocenters. The number of pyridine rings is 1. The van der Waals surface area contributed by atoms with E-state index in [0.717, 1.165) is 12.0 Å². The molecule has 3 heterocycles. The Labute approximate surface area is 152 Å². The molecule has 0 radical (unpaired) electrons. The number of hydrogen-bond donors (Lipinski definition) is 1. The van der Waals surface area contributed by atoms with Crippen LogP contribution in [0.25, 0.3) is 0 Å². The predicted octanol–water partition coefficient (Wildman–Crippen LogP) is 4.19. The van der Waals surface area contributed by atoms with Gasteiger partial charge in [0.2, 0.25) is 0 Å². The fourth-order valence-electron chi connectivity index (χ4n) is 3.42. The smallest absolute Gasteiger partial charge is 0.260 e. The maximum absolute atomic E-state index is 12.7. The van der Waals surface area contributed by atoms with Crippen molar-refractivity contribution in [3.8, 4) is 0 Å². The van der Waals surface area contributed by atoms with Gasteiger partial charge in [0.1, 0.15) is 11.6 Å². The fraction of sp³-hybridized carbons (Fsp3) is 0.238. The molecule has 132 valence electrons. The fourth-order valence-corrected chi connectivity index (χ4v) is 3.42. The quantitative estimate of drug-likeness (QED) is 0.769. The van der Waals surface area contributed by atoms with Crippen LogP contribution in [-0.2, 0) is 13.0 Å². The number of aryl methyl sites for hydroxylation is 1. The minimum absolute atomic E-state index is 0.203. The van der Waals surface area contributed by atoms with Crippen LogP contribution in [0.2, 0.25) is 0 Å². The molecular weight excluding hydrogens is 326 g/mol. The summed E-state index contributed by atoms with van der Waals surface area (Å²) in [6.07, 6.45) is 4.31. The van der Waals surface area contributed by atoms with Crippen molar-refractivity contribution in [2.24, 2.45) is 0 Å². The van der Waals surface area contributed by atoms with Gasteiger partial charge in [0.15, 0.2) is 0 Å². The highest BCUT2D eigenvalue weighted by atomic mass is 16.3. The Morgan fingerprint density at radius 1 is 1.27 bits per heavy atom. The Morgan fingerprint density at radius 3 is 2.92 bits per heavy atom. The zero-order chi connectivity index (χ0) is 18.1. The standard InChI is InChI=1S/C21H21N3O2/c1-14-7-8-20(22-12-14)23-21(25)17-9-10-26-19(17)13-24-15(2)11-16-5-3-4-6-18(16)24/h3-10,12,15H,11,13H2,1-2H3,(H,22,23,25). The van der Waals surface area contributed by atoms with Gasteiger partial charge in [0.05, 0.1) is 18.4 Å². The van der Waals surface area contributed by atoms with Gasteiger partial charge in [0, 0.05) is 17.9 Å². The molecule has 1 unspecified atom stereocenters. The second kappa shape index (κ2) is 6.67. The SMILES string of the molecule is Cc1ccc(NC(=O)c2ccoc2CN2c3ccccc3CC2C)nc1. The van der Waals surface area contributed by atoms with Crippen molar-refractivity contribution in [2.75, 3.05) is 10.2 Å². The molecule has 0 bridgehead atoms. The van der Waals surface area contributed by atoms with Gasteiger partial charge >= 0.3 is 0 Å². The first-order chi connectivity index (χ1) is 12.6. The largest absolute Gasteiger partial charge is 0.467 e. The van der Waals surface area contributed by atoms with Gasteiger partial charge in [-0.25, -0.2) is 4.98 Å². The molecule has 2 aromatic heterocycles. The van der Waals surface area contributed by atoms with Crippen LogP contribution in [0.3, 0.4) is 0 Å². The van der Waals surface area contributed by atoms with Crippen LogP contribution in [0.15, 0.2) is 59.3 Å². The van der Waals surface area contributed by atoms with E-state index in [1.54, 1.807) is 24.6 Å². The number of anilines is 2. The Morgan fingerprint density at radius 2 is 2.12 bits per heavy atom. The number of nitrogens with zero attached hydrogens (tertiary/aromatic N) is 2. The average Bonchev–Trinajstić information content (AvgIpc) is 3.22. The Balaban J connectivity index is 1.54. The summed E-state index contributed by atoms with van der Waals surface area (Å²) in [6.45, 7) is 4.72. The van der Waals surface area contributed by atoms with Crippen molar-refractivity contribution in [3.05, 3.63) is 77.4 Å². The van der Waals surface area contributed by atoms with E-state index < -0.39 is 0 Å². The van der Waals surface area contributed by atoms with Gasteiger partial charge in [-0.1, -0.05) is 24.3 Å². The van der Waals surface area contributed by atoms with Crippen LogP contribution in [0.1, 0.15) is 34.2 Å². The summed E-state index contributed by atoms with van der Waals surface area (Å²) in [6, 6.07) is 14.2. The van der Waals surface area contributed by atoms with E-state index >= 15 is 0 Å². The monoisotopic (exact) mass is 347 g/mol. The number of furan rings is 1. The zero-order valence-electron chi connectivity index (χ0n) is 14.9. The van der Waals surface area contributed by atoms with Gasteiger partial charge in [-0.3, -0.25) is 4.79 Å². The third-order valence-corrected chi connectivity index (χ3v) is 4.81. The molecule has 0 fully saturated rings. The van der Waals surface area contributed by atoms with E-state index in [0.29, 0.717) is 29.7 Å². The zero-order valence-corrected chi connectivity index (χ0v) is 14.9. The molecule has 5 nitrogen and oxygen atoms in total. The number of amides is 1. The number of benzene rings is 1. The molecule has 1 aromatic carbocycles. The Bertz CT molecular complexity index is 930. The first kappa shape index (κ1) is 16.4. The highest BCUT2D eigenvalue weighted by Crippen LogP contribution is 2.33. The number of rotatable bonds is 4. The second-order valence-corrected chi connectivity index (χ2v) is 6.74. The third kappa shape index (κ3) is 3.08. The molecule has 1 N–H and O–H groups in total. The van der Waals surface area contributed by atoms with Crippen molar-refractivity contribution in [1.82, 2.24) is 4.98 Å². The summed E-state index contributed by atoms with van der Waals surface area (Å²) in [5, 5.41) is 2.84. The lowest BCUT2D eigenvalue weighted by atomic mass is 10.1. The van der Waals surface area contributed by atoms with Gasteiger partial charge in [-0.05, 0) is 49.6 Å². The van der Waals surface area contributed by atoms with E-state index in [-0.39, 0.29) is 5.91 Å². The van der Waals surface area contributed by atoms with Crippen LogP contribution >= 0.6 is 0 Å². The summed E-state index contributed by atoms with van der Waals surface area (Å²) in [5.74, 6) is 0.996. The van der Waals surface area contributed by atoms with Crippen molar-refractivity contribution in [3.63, 3.8) is 0 Å². The van der Waals surface area contributed by atoms with E-state index in [2.05, 4.69) is 40.3 Å². The molecule has 1 aliphatic rings. The molecule has 3 aromatic rings. The van der Waals surface area contributed by atoms with Gasteiger partial charge in [-0.15, -0.1) is 0 Å². The average molecular weight is 347 g/mol. The molecule has 0 saturated carbocycles. The number of carbonyl (C=O) groups is 1. The predicted molar refractivity (Wildman–Crippen MR) is 101 cm³/mol. The highest BCUT2D eigenvalue weighted by molar-refractivity contribution is 6.04. The molecule has 0 spiro atoms. The Hall–Kier alpha value is -3.08. The van der Waals surface area contributed by atoms with E-state index in [9.17, 15) is 4.79 Å². The number of para-hydroxylation sites is 1. The van der Waals surface area contributed by atoms with Crippen LogP contribution in [-0.4, -0.2) is 16.9 Å². The summed E-state index contributed by atoms with van der Waals surface area (Å²) in [4.78, 5) is 19.2. The first-order valence-electron chi connectivity index (χ1n) is 8.77. The van der Waals surface area contributed by atoms with E-state index in [4.69, 9.17) is 4.42 Å². The van der Waals surface area contributed by atoms with Gasteiger partial charge in [0.25, 0.3) is 5.91 Å². The lowest BCUT2D eigenvalue weighted by Crippen LogP contribution is -2.29. The summed E-state index contributed by atoms with van der Waals surface area (Å²) in [5.41, 5.74) is 4.14. The lowest BCUT2D eigenvalue weighted by Gasteiger charge is -2.24. The molecular formula is C21H21N3O2. The van der Waals surface area contributed by atoms with Crippen molar-refractivity contribution >= 4 is 17.4 Å². The second-order valence-electron chi connectivity index (χ2n) is 6.74. The minimum atomic E-state index is -0.203. The van der Waals surface area contributed by atoms with Crippen molar-refractivity contribution in [2.45, 2.75) is 32.9 Å². The first-order valence-corrected chi connectivity index (χ1v) is 8.77. The third-order valence-electron chi connectivity index (χ3n) is 4.81. The Kier molecular flexibility index (Phi) is 4.21. The number of carbonyl (C=O) groups excluding carboxylic acids is 1.